The number of carbonyl (C=O) groups is 1. The SMILES string of the molecule is Cn1cnc(C(=O)N2CCCCCC2C2CCNCC2)c1. The molecular formula is C16H26N4O. The van der Waals surface area contributed by atoms with Gasteiger partial charge in [0, 0.05) is 25.8 Å². The lowest BCUT2D eigenvalue weighted by Gasteiger charge is -2.37. The first-order valence-corrected chi connectivity index (χ1v) is 8.25. The van der Waals surface area contributed by atoms with Crippen LogP contribution in [0, 0.1) is 5.92 Å². The number of carbonyl (C=O) groups excluding carboxylic acids is 1. The Bertz CT molecular complexity index is 478. The van der Waals surface area contributed by atoms with Crippen molar-refractivity contribution < 1.29 is 4.79 Å². The zero-order valence-electron chi connectivity index (χ0n) is 12.9. The molecule has 1 unspecified atom stereocenters. The van der Waals surface area contributed by atoms with Crippen LogP contribution in [-0.4, -0.2) is 46.0 Å². The molecule has 0 aliphatic carbocycles. The highest BCUT2D eigenvalue weighted by Gasteiger charge is 2.33. The molecule has 2 aliphatic rings. The lowest BCUT2D eigenvalue weighted by atomic mass is 9.86. The fraction of sp³-hybridized carbons (Fsp3) is 0.750. The van der Waals surface area contributed by atoms with Crippen LogP contribution in [0.1, 0.15) is 49.0 Å². The van der Waals surface area contributed by atoms with Crippen molar-refractivity contribution in [3.8, 4) is 0 Å². The predicted molar refractivity (Wildman–Crippen MR) is 82.1 cm³/mol. The summed E-state index contributed by atoms with van der Waals surface area (Å²) in [5.74, 6) is 0.776. The zero-order valence-corrected chi connectivity index (χ0v) is 12.9. The monoisotopic (exact) mass is 290 g/mol. The van der Waals surface area contributed by atoms with E-state index in [1.54, 1.807) is 6.33 Å². The van der Waals surface area contributed by atoms with Crippen LogP contribution in [0.15, 0.2) is 12.5 Å². The molecule has 3 rings (SSSR count). The van der Waals surface area contributed by atoms with Crippen molar-refractivity contribution in [3.63, 3.8) is 0 Å². The summed E-state index contributed by atoms with van der Waals surface area (Å²) < 4.78 is 1.85. The van der Waals surface area contributed by atoms with Gasteiger partial charge in [-0.2, -0.15) is 0 Å². The first kappa shape index (κ1) is 14.6. The summed E-state index contributed by atoms with van der Waals surface area (Å²) in [6.45, 7) is 3.07. The third-order valence-electron chi connectivity index (χ3n) is 4.91. The molecule has 1 aromatic heterocycles. The summed E-state index contributed by atoms with van der Waals surface area (Å²) in [7, 11) is 1.91. The van der Waals surface area contributed by atoms with Crippen molar-refractivity contribution in [1.82, 2.24) is 19.8 Å². The van der Waals surface area contributed by atoms with Crippen LogP contribution < -0.4 is 5.32 Å². The van der Waals surface area contributed by atoms with Gasteiger partial charge >= 0.3 is 0 Å². The summed E-state index contributed by atoms with van der Waals surface area (Å²) in [6.07, 6.45) is 10.7. The maximum atomic E-state index is 12.9. The topological polar surface area (TPSA) is 50.2 Å². The van der Waals surface area contributed by atoms with E-state index in [0.29, 0.717) is 17.7 Å². The van der Waals surface area contributed by atoms with E-state index < -0.39 is 0 Å². The van der Waals surface area contributed by atoms with Crippen molar-refractivity contribution in [2.45, 2.75) is 44.6 Å². The smallest absolute Gasteiger partial charge is 0.274 e. The first-order valence-electron chi connectivity index (χ1n) is 8.25. The number of hydrogen-bond acceptors (Lipinski definition) is 3. The molecule has 1 amide bonds. The second-order valence-corrected chi connectivity index (χ2v) is 6.43. The number of rotatable bonds is 2. The van der Waals surface area contributed by atoms with E-state index in [4.69, 9.17) is 0 Å². The first-order chi connectivity index (χ1) is 10.3. The minimum Gasteiger partial charge on any atom is -0.340 e. The van der Waals surface area contributed by atoms with Crippen LogP contribution in [0.5, 0.6) is 0 Å². The Labute approximate surface area is 126 Å². The van der Waals surface area contributed by atoms with Crippen molar-refractivity contribution in [2.24, 2.45) is 13.0 Å². The molecular weight excluding hydrogens is 264 g/mol. The summed E-state index contributed by atoms with van der Waals surface area (Å²) in [5.41, 5.74) is 0.596. The van der Waals surface area contributed by atoms with Gasteiger partial charge < -0.3 is 14.8 Å². The Hall–Kier alpha value is -1.36. The van der Waals surface area contributed by atoms with Gasteiger partial charge in [0.25, 0.3) is 5.91 Å². The normalized spacial score (nSPS) is 24.8. The number of likely N-dealkylation sites (tertiary alicyclic amines) is 1. The highest BCUT2D eigenvalue weighted by atomic mass is 16.2. The molecule has 2 saturated heterocycles. The summed E-state index contributed by atoms with van der Waals surface area (Å²) in [4.78, 5) is 19.2. The molecule has 1 N–H and O–H groups in total. The van der Waals surface area contributed by atoms with E-state index in [2.05, 4.69) is 15.2 Å². The van der Waals surface area contributed by atoms with Crippen LogP contribution in [0.25, 0.3) is 0 Å². The molecule has 5 nitrogen and oxygen atoms in total. The maximum Gasteiger partial charge on any atom is 0.274 e. The number of nitrogens with zero attached hydrogens (tertiary/aromatic N) is 3. The van der Waals surface area contributed by atoms with Gasteiger partial charge in [-0.15, -0.1) is 0 Å². The van der Waals surface area contributed by atoms with E-state index in [0.717, 1.165) is 32.5 Å². The summed E-state index contributed by atoms with van der Waals surface area (Å²) in [6, 6.07) is 0.407. The molecule has 2 fully saturated rings. The number of aromatic nitrogens is 2. The van der Waals surface area contributed by atoms with Gasteiger partial charge in [-0.25, -0.2) is 4.98 Å². The average molecular weight is 290 g/mol. The average Bonchev–Trinajstić information content (AvgIpc) is 2.81. The molecule has 116 valence electrons. The maximum absolute atomic E-state index is 12.9. The van der Waals surface area contributed by atoms with Crippen LogP contribution in [0.3, 0.4) is 0 Å². The molecule has 0 spiro atoms. The van der Waals surface area contributed by atoms with Gasteiger partial charge in [0.05, 0.1) is 6.33 Å². The molecule has 0 radical (unpaired) electrons. The van der Waals surface area contributed by atoms with Gasteiger partial charge in [0.1, 0.15) is 5.69 Å². The highest BCUT2D eigenvalue weighted by molar-refractivity contribution is 5.92. The number of nitrogens with one attached hydrogen (secondary N) is 1. The molecule has 1 atom stereocenters. The molecule has 1 aromatic rings. The Balaban J connectivity index is 1.79. The number of amides is 1. The van der Waals surface area contributed by atoms with Crippen molar-refractivity contribution in [3.05, 3.63) is 18.2 Å². The van der Waals surface area contributed by atoms with Crippen LogP contribution >= 0.6 is 0 Å². The zero-order chi connectivity index (χ0) is 14.7. The van der Waals surface area contributed by atoms with Gasteiger partial charge in [-0.3, -0.25) is 4.79 Å². The number of piperidine rings is 1. The van der Waals surface area contributed by atoms with E-state index in [1.807, 2.05) is 17.8 Å². The Morgan fingerprint density at radius 2 is 2.05 bits per heavy atom. The lowest BCUT2D eigenvalue weighted by Crippen LogP contribution is -2.47. The van der Waals surface area contributed by atoms with Crippen molar-refractivity contribution in [1.29, 1.82) is 0 Å². The molecule has 0 bridgehead atoms. The van der Waals surface area contributed by atoms with Gasteiger partial charge in [-0.1, -0.05) is 12.8 Å². The number of hydrogen-bond donors (Lipinski definition) is 1. The Kier molecular flexibility index (Phi) is 4.58. The second-order valence-electron chi connectivity index (χ2n) is 6.43. The standard InChI is InChI=1S/C16H26N4O/c1-19-11-14(18-12-19)16(21)20-10-4-2-3-5-15(20)13-6-8-17-9-7-13/h11-13,15,17H,2-10H2,1H3. The van der Waals surface area contributed by atoms with Crippen molar-refractivity contribution >= 4 is 5.91 Å². The third-order valence-corrected chi connectivity index (χ3v) is 4.91. The van der Waals surface area contributed by atoms with Crippen LogP contribution in [0.2, 0.25) is 0 Å². The van der Waals surface area contributed by atoms with Gasteiger partial charge in [-0.05, 0) is 44.7 Å². The minimum absolute atomic E-state index is 0.126. The number of imidazole rings is 1. The van der Waals surface area contributed by atoms with E-state index in [9.17, 15) is 4.79 Å². The van der Waals surface area contributed by atoms with Gasteiger partial charge in [0.2, 0.25) is 0 Å². The predicted octanol–water partition coefficient (Wildman–Crippen LogP) is 1.80. The minimum atomic E-state index is 0.126. The molecule has 21 heavy (non-hydrogen) atoms. The van der Waals surface area contributed by atoms with Gasteiger partial charge in [0.15, 0.2) is 0 Å². The molecule has 2 aliphatic heterocycles. The molecule has 3 heterocycles. The van der Waals surface area contributed by atoms with E-state index >= 15 is 0 Å². The molecule has 0 aromatic carbocycles. The fourth-order valence-corrected chi connectivity index (χ4v) is 3.78. The quantitative estimate of drug-likeness (QED) is 0.903. The third kappa shape index (κ3) is 3.28. The Morgan fingerprint density at radius 3 is 2.76 bits per heavy atom. The largest absolute Gasteiger partial charge is 0.340 e. The summed E-state index contributed by atoms with van der Waals surface area (Å²) >= 11 is 0. The van der Waals surface area contributed by atoms with E-state index in [1.165, 1.54) is 25.7 Å². The van der Waals surface area contributed by atoms with E-state index in [-0.39, 0.29) is 5.91 Å². The number of aryl methyl sites for hydroxylation is 1. The fourth-order valence-electron chi connectivity index (χ4n) is 3.78. The van der Waals surface area contributed by atoms with Crippen LogP contribution in [-0.2, 0) is 7.05 Å². The molecule has 5 heteroatoms. The molecule has 0 saturated carbocycles. The summed E-state index contributed by atoms with van der Waals surface area (Å²) in [5, 5.41) is 3.43. The van der Waals surface area contributed by atoms with Crippen LogP contribution in [0.4, 0.5) is 0 Å². The highest BCUT2D eigenvalue weighted by Crippen LogP contribution is 2.29. The Morgan fingerprint density at radius 1 is 1.24 bits per heavy atom. The van der Waals surface area contributed by atoms with Crippen molar-refractivity contribution in [2.75, 3.05) is 19.6 Å². The second kappa shape index (κ2) is 6.60. The lowest BCUT2D eigenvalue weighted by molar-refractivity contribution is 0.0576.